The topological polar surface area (TPSA) is 61.4 Å². The van der Waals surface area contributed by atoms with E-state index in [1.807, 2.05) is 24.3 Å². The molecule has 0 spiro atoms. The molecule has 0 saturated carbocycles. The van der Waals surface area contributed by atoms with Gasteiger partial charge in [-0.15, -0.1) is 0 Å². The molecule has 2 amide bonds. The lowest BCUT2D eigenvalue weighted by Gasteiger charge is -2.10. The van der Waals surface area contributed by atoms with Crippen molar-refractivity contribution in [3.8, 4) is 0 Å². The molecule has 1 aromatic rings. The molecule has 0 unspecified atom stereocenters. The zero-order chi connectivity index (χ0) is 14.2. The molecule has 0 aliphatic heterocycles. The number of aliphatic hydroxyl groups is 1. The number of hydrogen-bond donors (Lipinski definition) is 3. The molecule has 1 aliphatic carbocycles. The number of carbonyl (C=O) groups excluding carboxylic acids is 1. The first-order valence-corrected chi connectivity index (χ1v) is 7.17. The Bertz CT molecular complexity index is 483. The van der Waals surface area contributed by atoms with Gasteiger partial charge < -0.3 is 15.7 Å². The van der Waals surface area contributed by atoms with Crippen LogP contribution in [0.3, 0.4) is 0 Å². The van der Waals surface area contributed by atoms with Crippen LogP contribution >= 0.6 is 0 Å². The van der Waals surface area contributed by atoms with Gasteiger partial charge in [-0.3, -0.25) is 0 Å². The minimum Gasteiger partial charge on any atom is -0.392 e. The van der Waals surface area contributed by atoms with Gasteiger partial charge in [0.05, 0.1) is 6.61 Å². The van der Waals surface area contributed by atoms with Gasteiger partial charge in [0.25, 0.3) is 0 Å². The molecule has 0 heterocycles. The molecule has 0 aromatic heterocycles. The molecule has 1 aromatic carbocycles. The predicted octanol–water partition coefficient (Wildman–Crippen LogP) is 2.48. The number of aliphatic hydroxyl groups excluding tert-OH is 1. The lowest BCUT2D eigenvalue weighted by Crippen LogP contribution is -2.35. The zero-order valence-electron chi connectivity index (χ0n) is 11.7. The Morgan fingerprint density at radius 3 is 2.70 bits per heavy atom. The molecule has 0 radical (unpaired) electrons. The van der Waals surface area contributed by atoms with E-state index >= 15 is 0 Å². The van der Waals surface area contributed by atoms with Gasteiger partial charge in [0.1, 0.15) is 0 Å². The second-order valence-corrected chi connectivity index (χ2v) is 5.04. The SMILES string of the molecule is O=C(NCCC1=CCCC1)NCc1ccccc1CO. The summed E-state index contributed by atoms with van der Waals surface area (Å²) in [5.41, 5.74) is 3.25. The number of allylic oxidation sites excluding steroid dienone is 1. The van der Waals surface area contributed by atoms with Crippen molar-refractivity contribution in [1.82, 2.24) is 10.6 Å². The average Bonchev–Trinajstić information content (AvgIpc) is 2.98. The molecular formula is C16H22N2O2. The highest BCUT2D eigenvalue weighted by Gasteiger charge is 2.06. The van der Waals surface area contributed by atoms with Gasteiger partial charge >= 0.3 is 6.03 Å². The minimum atomic E-state index is -0.156. The van der Waals surface area contributed by atoms with Gasteiger partial charge in [0.15, 0.2) is 0 Å². The lowest BCUT2D eigenvalue weighted by molar-refractivity contribution is 0.240. The molecular weight excluding hydrogens is 252 g/mol. The van der Waals surface area contributed by atoms with Gasteiger partial charge in [-0.1, -0.05) is 35.9 Å². The molecule has 2 rings (SSSR count). The summed E-state index contributed by atoms with van der Waals surface area (Å²) in [6.07, 6.45) is 6.82. The van der Waals surface area contributed by atoms with Crippen LogP contribution in [0, 0.1) is 0 Å². The zero-order valence-corrected chi connectivity index (χ0v) is 11.7. The van der Waals surface area contributed by atoms with Crippen LogP contribution in [0.4, 0.5) is 4.79 Å². The van der Waals surface area contributed by atoms with Crippen molar-refractivity contribution in [2.75, 3.05) is 6.54 Å². The van der Waals surface area contributed by atoms with Crippen molar-refractivity contribution >= 4 is 6.03 Å². The summed E-state index contributed by atoms with van der Waals surface area (Å²) in [6.45, 7) is 1.11. The molecule has 3 N–H and O–H groups in total. The van der Waals surface area contributed by atoms with Crippen LogP contribution in [0.25, 0.3) is 0 Å². The standard InChI is InChI=1S/C16H22N2O2/c19-12-15-8-4-3-7-14(15)11-18-16(20)17-10-9-13-5-1-2-6-13/h3-5,7-8,19H,1-2,6,9-12H2,(H2,17,18,20). The Morgan fingerprint density at radius 1 is 1.20 bits per heavy atom. The molecule has 4 heteroatoms. The summed E-state index contributed by atoms with van der Waals surface area (Å²) >= 11 is 0. The third kappa shape index (κ3) is 4.38. The third-order valence-electron chi connectivity index (χ3n) is 3.59. The van der Waals surface area contributed by atoms with Crippen molar-refractivity contribution in [2.45, 2.75) is 38.8 Å². The minimum absolute atomic E-state index is 0.00632. The van der Waals surface area contributed by atoms with Gasteiger partial charge in [-0.2, -0.15) is 0 Å². The first-order chi connectivity index (χ1) is 9.79. The van der Waals surface area contributed by atoms with E-state index in [1.165, 1.54) is 24.8 Å². The fourth-order valence-electron chi connectivity index (χ4n) is 2.42. The van der Waals surface area contributed by atoms with Gasteiger partial charge in [-0.25, -0.2) is 4.79 Å². The van der Waals surface area contributed by atoms with Crippen molar-refractivity contribution in [1.29, 1.82) is 0 Å². The summed E-state index contributed by atoms with van der Waals surface area (Å²) in [4.78, 5) is 11.7. The number of hydrogen-bond acceptors (Lipinski definition) is 2. The largest absolute Gasteiger partial charge is 0.392 e. The van der Waals surface area contributed by atoms with E-state index in [4.69, 9.17) is 0 Å². The molecule has 108 valence electrons. The van der Waals surface area contributed by atoms with E-state index in [9.17, 15) is 9.90 Å². The maximum Gasteiger partial charge on any atom is 0.315 e. The molecule has 4 nitrogen and oxygen atoms in total. The van der Waals surface area contributed by atoms with Crippen molar-refractivity contribution in [3.63, 3.8) is 0 Å². The van der Waals surface area contributed by atoms with Crippen molar-refractivity contribution in [2.24, 2.45) is 0 Å². The molecule has 1 aliphatic rings. The average molecular weight is 274 g/mol. The van der Waals surface area contributed by atoms with E-state index in [-0.39, 0.29) is 12.6 Å². The number of benzene rings is 1. The van der Waals surface area contributed by atoms with E-state index in [0.717, 1.165) is 17.5 Å². The van der Waals surface area contributed by atoms with Crippen LogP contribution in [0.1, 0.15) is 36.8 Å². The number of rotatable bonds is 6. The summed E-state index contributed by atoms with van der Waals surface area (Å²) in [5.74, 6) is 0. The molecule has 0 atom stereocenters. The summed E-state index contributed by atoms with van der Waals surface area (Å²) in [5, 5.41) is 14.9. The Labute approximate surface area is 119 Å². The highest BCUT2D eigenvalue weighted by Crippen LogP contribution is 2.19. The Hall–Kier alpha value is -1.81. The Balaban J connectivity index is 1.69. The lowest BCUT2D eigenvalue weighted by atomic mass is 10.1. The van der Waals surface area contributed by atoms with E-state index in [1.54, 1.807) is 0 Å². The van der Waals surface area contributed by atoms with Crippen molar-refractivity contribution < 1.29 is 9.90 Å². The second kappa shape index (κ2) is 7.70. The fraction of sp³-hybridized carbons (Fsp3) is 0.438. The number of amides is 2. The Morgan fingerprint density at radius 2 is 2.00 bits per heavy atom. The summed E-state index contributed by atoms with van der Waals surface area (Å²) < 4.78 is 0. The number of nitrogens with one attached hydrogen (secondary N) is 2. The quantitative estimate of drug-likeness (QED) is 0.698. The smallest absolute Gasteiger partial charge is 0.315 e. The van der Waals surface area contributed by atoms with Gasteiger partial charge in [-0.05, 0) is 36.8 Å². The molecule has 0 saturated heterocycles. The number of carbonyl (C=O) groups is 1. The van der Waals surface area contributed by atoms with Crippen LogP contribution in [-0.2, 0) is 13.2 Å². The predicted molar refractivity (Wildman–Crippen MR) is 79.2 cm³/mol. The maximum atomic E-state index is 11.7. The van der Waals surface area contributed by atoms with Crippen molar-refractivity contribution in [3.05, 3.63) is 47.0 Å². The summed E-state index contributed by atoms with van der Waals surface area (Å²) in [7, 11) is 0. The second-order valence-electron chi connectivity index (χ2n) is 5.04. The first-order valence-electron chi connectivity index (χ1n) is 7.17. The molecule has 20 heavy (non-hydrogen) atoms. The highest BCUT2D eigenvalue weighted by molar-refractivity contribution is 5.73. The van der Waals surface area contributed by atoms with E-state index in [0.29, 0.717) is 13.1 Å². The highest BCUT2D eigenvalue weighted by atomic mass is 16.3. The van der Waals surface area contributed by atoms with Gasteiger partial charge in [0, 0.05) is 13.1 Å². The Kier molecular flexibility index (Phi) is 5.62. The van der Waals surface area contributed by atoms with Crippen LogP contribution in [0.5, 0.6) is 0 Å². The fourth-order valence-corrected chi connectivity index (χ4v) is 2.42. The normalized spacial score (nSPS) is 13.9. The number of urea groups is 1. The maximum absolute atomic E-state index is 11.7. The van der Waals surface area contributed by atoms with Crippen LogP contribution in [0.2, 0.25) is 0 Å². The third-order valence-corrected chi connectivity index (χ3v) is 3.59. The van der Waals surface area contributed by atoms with Gasteiger partial charge in [0.2, 0.25) is 0 Å². The van der Waals surface area contributed by atoms with Crippen LogP contribution in [0.15, 0.2) is 35.9 Å². The first kappa shape index (κ1) is 14.6. The van der Waals surface area contributed by atoms with Crippen LogP contribution < -0.4 is 10.6 Å². The van der Waals surface area contributed by atoms with Crippen LogP contribution in [-0.4, -0.2) is 17.7 Å². The van der Waals surface area contributed by atoms with E-state index < -0.39 is 0 Å². The van der Waals surface area contributed by atoms with E-state index in [2.05, 4.69) is 16.7 Å². The molecule has 0 fully saturated rings. The summed E-state index contributed by atoms with van der Waals surface area (Å²) in [6, 6.07) is 7.40. The monoisotopic (exact) mass is 274 g/mol. The molecule has 0 bridgehead atoms.